The molecule has 1 saturated heterocycles. The Morgan fingerprint density at radius 3 is 2.25 bits per heavy atom. The molecule has 1 aromatic rings. The fourth-order valence-corrected chi connectivity index (χ4v) is 1.38. The van der Waals surface area contributed by atoms with Gasteiger partial charge in [-0.05, 0) is 12.1 Å². The van der Waals surface area contributed by atoms with E-state index in [1.54, 1.807) is 0 Å². The van der Waals surface area contributed by atoms with Crippen LogP contribution < -0.4 is 10.2 Å². The van der Waals surface area contributed by atoms with Crippen molar-refractivity contribution in [2.75, 3.05) is 19.8 Å². The number of halogens is 3. The topological polar surface area (TPSA) is 18.5 Å². The van der Waals surface area contributed by atoms with Crippen LogP contribution in [0.1, 0.15) is 0 Å². The summed E-state index contributed by atoms with van der Waals surface area (Å²) in [7, 11) is 0. The van der Waals surface area contributed by atoms with Gasteiger partial charge in [0.15, 0.2) is 0 Å². The smallest absolute Gasteiger partial charge is 0.493 e. The summed E-state index contributed by atoms with van der Waals surface area (Å²) in [5.41, 5.74) is -0.598. The molecular weight excluding hydrogens is 220 g/mol. The lowest BCUT2D eigenvalue weighted by atomic mass is 9.80. The molecule has 6 heteroatoms. The minimum atomic E-state index is -4.91. The van der Waals surface area contributed by atoms with Gasteiger partial charge in [0.05, 0.1) is 19.8 Å². The van der Waals surface area contributed by atoms with Crippen LogP contribution >= 0.6 is 0 Å². The van der Waals surface area contributed by atoms with E-state index in [2.05, 4.69) is 0 Å². The van der Waals surface area contributed by atoms with Crippen LogP contribution in [0.4, 0.5) is 12.9 Å². The fraction of sp³-hybridized carbons (Fsp3) is 0.400. The van der Waals surface area contributed by atoms with Crippen molar-refractivity contribution in [1.82, 2.24) is 0 Å². The molecule has 0 atom stereocenters. The van der Waals surface area contributed by atoms with E-state index in [9.17, 15) is 12.9 Å². The van der Waals surface area contributed by atoms with Gasteiger partial charge < -0.3 is 22.4 Å². The van der Waals surface area contributed by atoms with Crippen LogP contribution in [0.15, 0.2) is 24.3 Å². The van der Waals surface area contributed by atoms with E-state index in [1.807, 2.05) is 0 Å². The maximum absolute atomic E-state index is 12.3. The molecule has 0 saturated carbocycles. The van der Waals surface area contributed by atoms with Gasteiger partial charge in [-0.1, -0.05) is 12.1 Å². The van der Waals surface area contributed by atoms with Gasteiger partial charge in [0.2, 0.25) is 0 Å². The lowest BCUT2D eigenvalue weighted by molar-refractivity contribution is -0.0508. The molecule has 2 rings (SSSR count). The van der Waals surface area contributed by atoms with Gasteiger partial charge in [0.1, 0.15) is 5.75 Å². The summed E-state index contributed by atoms with van der Waals surface area (Å²) in [5, 5.41) is 0. The second kappa shape index (κ2) is 4.37. The quantitative estimate of drug-likeness (QED) is 0.735. The van der Waals surface area contributed by atoms with E-state index in [1.165, 1.54) is 12.1 Å². The Bertz CT molecular complexity index is 346. The Morgan fingerprint density at radius 1 is 1.19 bits per heavy atom. The van der Waals surface area contributed by atoms with Crippen LogP contribution in [0.3, 0.4) is 0 Å². The van der Waals surface area contributed by atoms with Gasteiger partial charge >= 0.3 is 6.98 Å². The summed E-state index contributed by atoms with van der Waals surface area (Å²) in [6.07, 6.45) is 0. The number of hydrogen-bond acceptors (Lipinski definition) is 2. The Kier molecular flexibility index (Phi) is 3.09. The van der Waals surface area contributed by atoms with Crippen molar-refractivity contribution >= 4 is 12.4 Å². The fourth-order valence-electron chi connectivity index (χ4n) is 1.38. The van der Waals surface area contributed by atoms with E-state index >= 15 is 0 Å². The highest BCUT2D eigenvalue weighted by Crippen LogP contribution is 2.16. The zero-order valence-corrected chi connectivity index (χ0v) is 8.54. The molecule has 1 aromatic carbocycles. The van der Waals surface area contributed by atoms with E-state index in [0.29, 0.717) is 31.5 Å². The molecule has 1 aliphatic rings. The molecule has 0 bridgehead atoms. The highest BCUT2D eigenvalue weighted by atomic mass is 19.4. The second-order valence-electron chi connectivity index (χ2n) is 3.86. The van der Waals surface area contributed by atoms with Crippen molar-refractivity contribution in [3.63, 3.8) is 0 Å². The normalized spacial score (nSPS) is 16.9. The Morgan fingerprint density at radius 2 is 1.81 bits per heavy atom. The van der Waals surface area contributed by atoms with Gasteiger partial charge in [-0.3, -0.25) is 0 Å². The molecule has 1 heterocycles. The predicted octanol–water partition coefficient (Wildman–Crippen LogP) is 1.77. The van der Waals surface area contributed by atoms with Crippen molar-refractivity contribution in [1.29, 1.82) is 0 Å². The molecular formula is C10H11BF3O2-. The average molecular weight is 231 g/mol. The first kappa shape index (κ1) is 11.3. The van der Waals surface area contributed by atoms with E-state index < -0.39 is 12.4 Å². The second-order valence-corrected chi connectivity index (χ2v) is 3.86. The van der Waals surface area contributed by atoms with Gasteiger partial charge in [0.25, 0.3) is 0 Å². The number of ether oxygens (including phenoxy) is 2. The van der Waals surface area contributed by atoms with Crippen LogP contribution in [0.25, 0.3) is 0 Å². The van der Waals surface area contributed by atoms with Gasteiger partial charge in [0, 0.05) is 5.92 Å². The Labute approximate surface area is 91.4 Å². The van der Waals surface area contributed by atoms with Gasteiger partial charge in [-0.2, -0.15) is 0 Å². The van der Waals surface area contributed by atoms with Crippen molar-refractivity contribution in [2.24, 2.45) is 5.92 Å². The van der Waals surface area contributed by atoms with Crippen LogP contribution in [-0.4, -0.2) is 26.8 Å². The summed E-state index contributed by atoms with van der Waals surface area (Å²) < 4.78 is 47.2. The molecule has 1 fully saturated rings. The minimum Gasteiger partial charge on any atom is -0.493 e. The highest BCUT2D eigenvalue weighted by molar-refractivity contribution is 6.73. The molecule has 0 N–H and O–H groups in total. The maximum Gasteiger partial charge on any atom is 0.509 e. The molecule has 16 heavy (non-hydrogen) atoms. The molecule has 0 spiro atoms. The van der Waals surface area contributed by atoms with Gasteiger partial charge in [-0.15, -0.1) is 5.46 Å². The third kappa shape index (κ3) is 2.69. The first-order valence-corrected chi connectivity index (χ1v) is 5.06. The zero-order valence-electron chi connectivity index (χ0n) is 8.54. The lowest BCUT2D eigenvalue weighted by Gasteiger charge is -2.25. The Balaban J connectivity index is 1.91. The average Bonchev–Trinajstić information content (AvgIpc) is 2.15. The van der Waals surface area contributed by atoms with E-state index in [4.69, 9.17) is 9.47 Å². The van der Waals surface area contributed by atoms with Crippen molar-refractivity contribution in [2.45, 2.75) is 0 Å². The summed E-state index contributed by atoms with van der Waals surface area (Å²) in [6.45, 7) is -3.08. The molecule has 2 nitrogen and oxygen atoms in total. The van der Waals surface area contributed by atoms with E-state index in [0.717, 1.165) is 12.1 Å². The van der Waals surface area contributed by atoms with Crippen LogP contribution in [0, 0.1) is 5.92 Å². The maximum atomic E-state index is 12.3. The molecule has 0 unspecified atom stereocenters. The summed E-state index contributed by atoms with van der Waals surface area (Å²) in [4.78, 5) is 0. The molecule has 0 radical (unpaired) electrons. The third-order valence-corrected chi connectivity index (χ3v) is 2.45. The molecule has 1 aliphatic heterocycles. The molecule has 0 amide bonds. The molecule has 88 valence electrons. The third-order valence-electron chi connectivity index (χ3n) is 2.45. The summed E-state index contributed by atoms with van der Waals surface area (Å²) in [5.74, 6) is 0.835. The largest absolute Gasteiger partial charge is 0.509 e. The summed E-state index contributed by atoms with van der Waals surface area (Å²) >= 11 is 0. The minimum absolute atomic E-state index is 0.367. The van der Waals surface area contributed by atoms with Crippen molar-refractivity contribution in [3.05, 3.63) is 24.3 Å². The van der Waals surface area contributed by atoms with Crippen molar-refractivity contribution in [3.8, 4) is 5.75 Å². The predicted molar refractivity (Wildman–Crippen MR) is 55.0 cm³/mol. The van der Waals surface area contributed by atoms with Crippen LogP contribution in [-0.2, 0) is 4.74 Å². The summed E-state index contributed by atoms with van der Waals surface area (Å²) in [6, 6.07) is 4.80. The van der Waals surface area contributed by atoms with E-state index in [-0.39, 0.29) is 0 Å². The number of benzene rings is 1. The first-order valence-electron chi connectivity index (χ1n) is 5.06. The lowest BCUT2D eigenvalue weighted by Crippen LogP contribution is -2.34. The number of rotatable bonds is 4. The van der Waals surface area contributed by atoms with Gasteiger partial charge in [-0.25, -0.2) is 0 Å². The van der Waals surface area contributed by atoms with Crippen LogP contribution in [0.5, 0.6) is 5.75 Å². The molecule has 0 aliphatic carbocycles. The first-order chi connectivity index (χ1) is 7.55. The Hall–Kier alpha value is -1.17. The van der Waals surface area contributed by atoms with Crippen molar-refractivity contribution < 1.29 is 22.4 Å². The standard InChI is InChI=1S/C10H11BF3O2/c12-11(13,14)9-1-3-10(4-2-9)16-7-8-5-15-6-8/h1-4,8H,5-7H2/q-1. The van der Waals surface area contributed by atoms with Crippen LogP contribution in [0.2, 0.25) is 0 Å². The monoisotopic (exact) mass is 231 g/mol. The molecule has 0 aromatic heterocycles. The zero-order chi connectivity index (χ0) is 11.6. The number of hydrogen-bond donors (Lipinski definition) is 0. The highest BCUT2D eigenvalue weighted by Gasteiger charge is 2.25. The SMILES string of the molecule is F[B-](F)(F)c1ccc(OCC2COC2)cc1.